The van der Waals surface area contributed by atoms with Gasteiger partial charge >= 0.3 is 0 Å². The zero-order valence-corrected chi connectivity index (χ0v) is 8.33. The SMILES string of the molecule is Nc1ccc(-c2ccc([N+](=O)[O-])cn2)cc1. The van der Waals surface area contributed by atoms with E-state index in [4.69, 9.17) is 5.73 Å². The third-order valence-corrected chi connectivity index (χ3v) is 2.17. The fourth-order valence-corrected chi connectivity index (χ4v) is 1.32. The summed E-state index contributed by atoms with van der Waals surface area (Å²) >= 11 is 0. The van der Waals surface area contributed by atoms with E-state index in [9.17, 15) is 10.1 Å². The van der Waals surface area contributed by atoms with E-state index in [0.717, 1.165) is 5.56 Å². The summed E-state index contributed by atoms with van der Waals surface area (Å²) in [5.74, 6) is 0. The third kappa shape index (κ3) is 1.98. The molecule has 0 amide bonds. The maximum atomic E-state index is 10.4. The van der Waals surface area contributed by atoms with Gasteiger partial charge in [-0.25, -0.2) is 4.98 Å². The van der Waals surface area contributed by atoms with E-state index in [1.54, 1.807) is 18.2 Å². The van der Waals surface area contributed by atoms with Gasteiger partial charge < -0.3 is 5.73 Å². The van der Waals surface area contributed by atoms with Gasteiger partial charge in [0, 0.05) is 17.3 Å². The quantitative estimate of drug-likeness (QED) is 0.473. The summed E-state index contributed by atoms with van der Waals surface area (Å²) in [5.41, 5.74) is 7.78. The number of benzene rings is 1. The molecule has 0 aliphatic rings. The first kappa shape index (κ1) is 10.1. The van der Waals surface area contributed by atoms with Crippen molar-refractivity contribution in [2.45, 2.75) is 0 Å². The molecule has 5 nitrogen and oxygen atoms in total. The van der Waals surface area contributed by atoms with Crippen LogP contribution in [0.1, 0.15) is 0 Å². The number of rotatable bonds is 2. The van der Waals surface area contributed by atoms with Crippen molar-refractivity contribution in [2.24, 2.45) is 0 Å². The molecule has 2 aromatic rings. The monoisotopic (exact) mass is 215 g/mol. The lowest BCUT2D eigenvalue weighted by molar-refractivity contribution is -0.385. The van der Waals surface area contributed by atoms with Gasteiger partial charge in [-0.3, -0.25) is 10.1 Å². The van der Waals surface area contributed by atoms with E-state index in [0.29, 0.717) is 11.4 Å². The zero-order valence-electron chi connectivity index (χ0n) is 8.33. The Morgan fingerprint density at radius 1 is 1.12 bits per heavy atom. The average Bonchev–Trinajstić information content (AvgIpc) is 2.30. The Morgan fingerprint density at radius 3 is 2.31 bits per heavy atom. The van der Waals surface area contributed by atoms with E-state index in [2.05, 4.69) is 4.98 Å². The van der Waals surface area contributed by atoms with E-state index in [-0.39, 0.29) is 5.69 Å². The molecule has 1 aromatic carbocycles. The Morgan fingerprint density at radius 2 is 1.81 bits per heavy atom. The lowest BCUT2D eigenvalue weighted by Gasteiger charge is -2.00. The minimum atomic E-state index is -0.472. The van der Waals surface area contributed by atoms with Crippen molar-refractivity contribution in [3.63, 3.8) is 0 Å². The van der Waals surface area contributed by atoms with Crippen LogP contribution >= 0.6 is 0 Å². The number of hydrogen-bond donors (Lipinski definition) is 1. The second-order valence-corrected chi connectivity index (χ2v) is 3.28. The fraction of sp³-hybridized carbons (Fsp3) is 0. The lowest BCUT2D eigenvalue weighted by atomic mass is 10.1. The van der Waals surface area contributed by atoms with Crippen LogP contribution in [0, 0.1) is 10.1 Å². The largest absolute Gasteiger partial charge is 0.399 e. The summed E-state index contributed by atoms with van der Waals surface area (Å²) in [6.45, 7) is 0. The molecule has 0 aliphatic carbocycles. The molecule has 0 spiro atoms. The van der Waals surface area contributed by atoms with Crippen LogP contribution in [-0.4, -0.2) is 9.91 Å². The van der Waals surface area contributed by atoms with Crippen molar-refractivity contribution >= 4 is 11.4 Å². The van der Waals surface area contributed by atoms with Crippen LogP contribution in [0.2, 0.25) is 0 Å². The van der Waals surface area contributed by atoms with Crippen LogP contribution in [0.4, 0.5) is 11.4 Å². The molecule has 0 aliphatic heterocycles. The summed E-state index contributed by atoms with van der Waals surface area (Å²) in [5, 5.41) is 10.4. The molecule has 16 heavy (non-hydrogen) atoms. The number of nitrogen functional groups attached to an aromatic ring is 1. The predicted octanol–water partition coefficient (Wildman–Crippen LogP) is 2.24. The Balaban J connectivity index is 2.34. The van der Waals surface area contributed by atoms with Crippen molar-refractivity contribution in [3.05, 3.63) is 52.7 Å². The molecule has 0 bridgehead atoms. The molecule has 0 radical (unpaired) electrons. The minimum Gasteiger partial charge on any atom is -0.399 e. The molecule has 0 unspecified atom stereocenters. The second-order valence-electron chi connectivity index (χ2n) is 3.28. The van der Waals surface area contributed by atoms with Gasteiger partial charge in [-0.2, -0.15) is 0 Å². The zero-order chi connectivity index (χ0) is 11.5. The van der Waals surface area contributed by atoms with Crippen LogP contribution in [0.15, 0.2) is 42.6 Å². The molecule has 1 heterocycles. The lowest BCUT2D eigenvalue weighted by Crippen LogP contribution is -1.90. The van der Waals surface area contributed by atoms with Gasteiger partial charge in [0.25, 0.3) is 5.69 Å². The van der Waals surface area contributed by atoms with Gasteiger partial charge in [0.1, 0.15) is 6.20 Å². The molecule has 80 valence electrons. The van der Waals surface area contributed by atoms with Crippen molar-refractivity contribution in [1.29, 1.82) is 0 Å². The first-order valence-electron chi connectivity index (χ1n) is 4.63. The fourth-order valence-electron chi connectivity index (χ4n) is 1.32. The van der Waals surface area contributed by atoms with Crippen molar-refractivity contribution < 1.29 is 4.92 Å². The summed E-state index contributed by atoms with van der Waals surface area (Å²) in [6, 6.07) is 10.2. The summed E-state index contributed by atoms with van der Waals surface area (Å²) < 4.78 is 0. The third-order valence-electron chi connectivity index (χ3n) is 2.17. The Labute approximate surface area is 91.7 Å². The highest BCUT2D eigenvalue weighted by molar-refractivity contribution is 5.62. The standard InChI is InChI=1S/C11H9N3O2/c12-9-3-1-8(2-4-9)11-6-5-10(7-13-11)14(15)16/h1-7H,12H2. The maximum Gasteiger partial charge on any atom is 0.287 e. The molecular weight excluding hydrogens is 206 g/mol. The van der Waals surface area contributed by atoms with Crippen LogP contribution in [0.3, 0.4) is 0 Å². The van der Waals surface area contributed by atoms with Gasteiger partial charge in [0.05, 0.1) is 10.6 Å². The molecule has 1 aromatic heterocycles. The Kier molecular flexibility index (Phi) is 2.51. The summed E-state index contributed by atoms with van der Waals surface area (Å²) in [4.78, 5) is 14.0. The molecule has 5 heteroatoms. The van der Waals surface area contributed by atoms with Gasteiger partial charge in [0.15, 0.2) is 0 Å². The second kappa shape index (κ2) is 3.98. The smallest absolute Gasteiger partial charge is 0.287 e. The minimum absolute atomic E-state index is 0.0146. The normalized spacial score (nSPS) is 10.0. The van der Waals surface area contributed by atoms with Crippen LogP contribution in [0.25, 0.3) is 11.3 Å². The Hall–Kier alpha value is -2.43. The average molecular weight is 215 g/mol. The number of nitrogens with zero attached hydrogens (tertiary/aromatic N) is 2. The van der Waals surface area contributed by atoms with Crippen LogP contribution in [-0.2, 0) is 0 Å². The molecule has 0 saturated carbocycles. The first-order valence-corrected chi connectivity index (χ1v) is 4.63. The molecule has 0 atom stereocenters. The molecule has 0 saturated heterocycles. The highest BCUT2D eigenvalue weighted by Crippen LogP contribution is 2.20. The van der Waals surface area contributed by atoms with Crippen LogP contribution in [0.5, 0.6) is 0 Å². The number of anilines is 1. The van der Waals surface area contributed by atoms with Crippen molar-refractivity contribution in [1.82, 2.24) is 4.98 Å². The van der Waals surface area contributed by atoms with E-state index >= 15 is 0 Å². The van der Waals surface area contributed by atoms with Crippen molar-refractivity contribution in [3.8, 4) is 11.3 Å². The number of nitrogens with two attached hydrogens (primary N) is 1. The number of aromatic nitrogens is 1. The maximum absolute atomic E-state index is 10.4. The van der Waals surface area contributed by atoms with Gasteiger partial charge in [-0.15, -0.1) is 0 Å². The predicted molar refractivity (Wildman–Crippen MR) is 60.7 cm³/mol. The molecule has 2 rings (SSSR count). The first-order chi connectivity index (χ1) is 7.66. The van der Waals surface area contributed by atoms with Gasteiger partial charge in [-0.1, -0.05) is 12.1 Å². The van der Waals surface area contributed by atoms with E-state index < -0.39 is 4.92 Å². The molecular formula is C11H9N3O2. The highest BCUT2D eigenvalue weighted by atomic mass is 16.6. The van der Waals surface area contributed by atoms with Gasteiger partial charge in [0.2, 0.25) is 0 Å². The summed E-state index contributed by atoms with van der Waals surface area (Å²) in [7, 11) is 0. The van der Waals surface area contributed by atoms with Crippen LogP contribution < -0.4 is 5.73 Å². The molecule has 0 fully saturated rings. The highest BCUT2D eigenvalue weighted by Gasteiger charge is 2.06. The topological polar surface area (TPSA) is 82.0 Å². The number of hydrogen-bond acceptors (Lipinski definition) is 4. The number of pyridine rings is 1. The van der Waals surface area contributed by atoms with Crippen molar-refractivity contribution in [2.75, 3.05) is 5.73 Å². The van der Waals surface area contributed by atoms with E-state index in [1.807, 2.05) is 12.1 Å². The van der Waals surface area contributed by atoms with E-state index in [1.165, 1.54) is 12.3 Å². The Bertz CT molecular complexity index is 506. The number of nitro groups is 1. The molecule has 2 N–H and O–H groups in total. The van der Waals surface area contributed by atoms with Gasteiger partial charge in [-0.05, 0) is 18.2 Å². The summed E-state index contributed by atoms with van der Waals surface area (Å²) in [6.07, 6.45) is 1.24.